The summed E-state index contributed by atoms with van der Waals surface area (Å²) in [4.78, 5) is 30.7. The fourth-order valence-corrected chi connectivity index (χ4v) is 5.84. The largest absolute Gasteiger partial charge is 0.447 e. The van der Waals surface area contributed by atoms with Crippen molar-refractivity contribution in [3.63, 3.8) is 0 Å². The molecule has 190 valence electrons. The monoisotopic (exact) mass is 487 g/mol. The molecule has 0 N–H and O–H groups in total. The van der Waals surface area contributed by atoms with Crippen molar-refractivity contribution in [1.29, 1.82) is 5.26 Å². The average molecular weight is 488 g/mol. The van der Waals surface area contributed by atoms with E-state index in [4.69, 9.17) is 4.74 Å². The summed E-state index contributed by atoms with van der Waals surface area (Å²) >= 11 is 0. The van der Waals surface area contributed by atoms with Gasteiger partial charge in [0.05, 0.1) is 12.1 Å². The minimum Gasteiger partial charge on any atom is -0.447 e. The Kier molecular flexibility index (Phi) is 8.77. The Labute approximate surface area is 214 Å². The summed E-state index contributed by atoms with van der Waals surface area (Å²) in [6.07, 6.45) is 4.47. The molecule has 0 aromatic heterocycles. The number of rotatable bonds is 10. The molecule has 2 saturated heterocycles. The van der Waals surface area contributed by atoms with E-state index in [1.54, 1.807) is 0 Å². The minimum absolute atomic E-state index is 0.154. The highest BCUT2D eigenvalue weighted by Crippen LogP contribution is 2.46. The van der Waals surface area contributed by atoms with Crippen LogP contribution in [0.5, 0.6) is 0 Å². The van der Waals surface area contributed by atoms with Crippen molar-refractivity contribution >= 4 is 12.0 Å². The number of nitriles is 1. The topological polar surface area (TPSA) is 73.6 Å². The van der Waals surface area contributed by atoms with Crippen LogP contribution in [0.1, 0.15) is 56.6 Å². The van der Waals surface area contributed by atoms with Crippen molar-refractivity contribution in [2.24, 2.45) is 11.3 Å². The predicted molar refractivity (Wildman–Crippen MR) is 139 cm³/mol. The first-order chi connectivity index (χ1) is 17.6. The normalized spacial score (nSPS) is 20.5. The Hall–Kier alpha value is -3.17. The predicted octanol–water partition coefficient (Wildman–Crippen LogP) is 5.58. The molecular weight excluding hydrogens is 450 g/mol. The van der Waals surface area contributed by atoms with Crippen LogP contribution in [-0.4, -0.2) is 47.5 Å². The molecule has 0 radical (unpaired) electrons. The summed E-state index contributed by atoms with van der Waals surface area (Å²) in [7, 11) is 0. The van der Waals surface area contributed by atoms with Crippen LogP contribution in [0.2, 0.25) is 0 Å². The Bertz CT molecular complexity index is 1040. The summed E-state index contributed by atoms with van der Waals surface area (Å²) in [5.41, 5.74) is 1.92. The third-order valence-corrected chi connectivity index (χ3v) is 7.93. The van der Waals surface area contributed by atoms with Gasteiger partial charge in [-0.15, -0.1) is 0 Å². The van der Waals surface area contributed by atoms with Gasteiger partial charge in [0.25, 0.3) is 0 Å². The number of ether oxygens (including phenoxy) is 1. The van der Waals surface area contributed by atoms with Crippen LogP contribution in [0, 0.1) is 22.7 Å². The van der Waals surface area contributed by atoms with Gasteiger partial charge in [-0.3, -0.25) is 9.69 Å². The van der Waals surface area contributed by atoms with E-state index in [1.165, 1.54) is 10.5 Å². The van der Waals surface area contributed by atoms with E-state index < -0.39 is 11.5 Å². The number of imide groups is 1. The second kappa shape index (κ2) is 12.2. The zero-order chi connectivity index (χ0) is 25.4. The van der Waals surface area contributed by atoms with E-state index in [-0.39, 0.29) is 24.5 Å². The molecule has 0 saturated carbocycles. The molecular formula is C30H37N3O3. The van der Waals surface area contributed by atoms with E-state index in [0.29, 0.717) is 19.3 Å². The van der Waals surface area contributed by atoms with Crippen molar-refractivity contribution in [3.05, 3.63) is 71.8 Å². The molecule has 36 heavy (non-hydrogen) atoms. The zero-order valence-electron chi connectivity index (χ0n) is 21.3. The number of likely N-dealkylation sites (tertiary alicyclic amines) is 1. The molecule has 2 amide bonds. The maximum atomic E-state index is 14.1. The molecule has 2 aromatic rings. The summed E-state index contributed by atoms with van der Waals surface area (Å²) in [6, 6.07) is 22.4. The van der Waals surface area contributed by atoms with Crippen molar-refractivity contribution < 1.29 is 14.3 Å². The molecule has 2 atom stereocenters. The lowest BCUT2D eigenvalue weighted by Gasteiger charge is -2.46. The Morgan fingerprint density at radius 2 is 1.72 bits per heavy atom. The van der Waals surface area contributed by atoms with Crippen LogP contribution in [-0.2, 0) is 22.5 Å². The van der Waals surface area contributed by atoms with Gasteiger partial charge in [0.2, 0.25) is 5.91 Å². The number of unbranched alkanes of at least 4 members (excludes halogenated alkanes) is 1. The number of benzene rings is 2. The van der Waals surface area contributed by atoms with E-state index in [2.05, 4.69) is 42.2 Å². The Morgan fingerprint density at radius 3 is 2.33 bits per heavy atom. The van der Waals surface area contributed by atoms with Gasteiger partial charge < -0.3 is 4.74 Å². The summed E-state index contributed by atoms with van der Waals surface area (Å²) in [6.45, 7) is 4.88. The van der Waals surface area contributed by atoms with Crippen LogP contribution >= 0.6 is 0 Å². The molecule has 0 unspecified atom stereocenters. The SMILES string of the molecule is CCCC[C@@H](C(=O)N1C(=O)OC[C@@H]1Cc1ccccc1)C1(CC#N)CCN(Cc2ccccc2)CC1. The molecule has 2 aromatic carbocycles. The lowest BCUT2D eigenvalue weighted by Crippen LogP contribution is -2.52. The minimum atomic E-state index is -0.545. The van der Waals surface area contributed by atoms with E-state index in [0.717, 1.165) is 50.9 Å². The number of nitrogens with zero attached hydrogens (tertiary/aromatic N) is 3. The highest BCUT2D eigenvalue weighted by Gasteiger charge is 2.49. The smallest absolute Gasteiger partial charge is 0.416 e. The number of amides is 2. The second-order valence-electron chi connectivity index (χ2n) is 10.3. The molecule has 2 aliphatic heterocycles. The number of carbonyl (C=O) groups is 2. The first-order valence-corrected chi connectivity index (χ1v) is 13.2. The number of carbonyl (C=O) groups excluding carboxylic acids is 2. The zero-order valence-corrected chi connectivity index (χ0v) is 21.3. The van der Waals surface area contributed by atoms with Crippen LogP contribution in [0.25, 0.3) is 0 Å². The Balaban J connectivity index is 1.53. The Morgan fingerprint density at radius 1 is 1.08 bits per heavy atom. The highest BCUT2D eigenvalue weighted by molar-refractivity contribution is 5.95. The third-order valence-electron chi connectivity index (χ3n) is 7.93. The van der Waals surface area contributed by atoms with Crippen LogP contribution in [0.4, 0.5) is 4.79 Å². The number of hydrogen-bond donors (Lipinski definition) is 0. The molecule has 0 aliphatic carbocycles. The van der Waals surface area contributed by atoms with Gasteiger partial charge in [0.1, 0.15) is 6.61 Å². The molecule has 0 spiro atoms. The van der Waals surface area contributed by atoms with Gasteiger partial charge in [-0.2, -0.15) is 5.26 Å². The van der Waals surface area contributed by atoms with E-state index in [9.17, 15) is 14.9 Å². The quantitative estimate of drug-likeness (QED) is 0.437. The van der Waals surface area contributed by atoms with Crippen LogP contribution in [0.15, 0.2) is 60.7 Å². The lowest BCUT2D eigenvalue weighted by atomic mass is 9.64. The highest BCUT2D eigenvalue weighted by atomic mass is 16.6. The third kappa shape index (κ3) is 5.96. The molecule has 2 aliphatic rings. The molecule has 6 nitrogen and oxygen atoms in total. The van der Waals surface area contributed by atoms with E-state index in [1.807, 2.05) is 36.4 Å². The van der Waals surface area contributed by atoms with E-state index >= 15 is 0 Å². The molecule has 2 heterocycles. The van der Waals surface area contributed by atoms with Gasteiger partial charge >= 0.3 is 6.09 Å². The number of piperidine rings is 1. The van der Waals surface area contributed by atoms with Gasteiger partial charge in [0, 0.05) is 18.9 Å². The summed E-state index contributed by atoms with van der Waals surface area (Å²) in [5.74, 6) is -0.515. The van der Waals surface area contributed by atoms with Crippen LogP contribution < -0.4 is 0 Å². The fourth-order valence-electron chi connectivity index (χ4n) is 5.84. The van der Waals surface area contributed by atoms with Crippen LogP contribution in [0.3, 0.4) is 0 Å². The van der Waals surface area contributed by atoms with Crippen molar-refractivity contribution in [2.75, 3.05) is 19.7 Å². The number of cyclic esters (lactones) is 1. The maximum absolute atomic E-state index is 14.1. The van der Waals surface area contributed by atoms with Gasteiger partial charge in [-0.25, -0.2) is 9.69 Å². The van der Waals surface area contributed by atoms with Gasteiger partial charge in [-0.05, 0) is 55.3 Å². The maximum Gasteiger partial charge on any atom is 0.416 e. The van der Waals surface area contributed by atoms with Crippen molar-refractivity contribution in [2.45, 2.75) is 64.5 Å². The first kappa shape index (κ1) is 25.9. The average Bonchev–Trinajstić information content (AvgIpc) is 3.26. The van der Waals surface area contributed by atoms with Crippen molar-refractivity contribution in [1.82, 2.24) is 9.80 Å². The molecule has 4 rings (SSSR count). The molecule has 0 bridgehead atoms. The van der Waals surface area contributed by atoms with Crippen molar-refractivity contribution in [3.8, 4) is 6.07 Å². The molecule has 2 fully saturated rings. The number of hydrogen-bond acceptors (Lipinski definition) is 5. The second-order valence-corrected chi connectivity index (χ2v) is 10.3. The van der Waals surface area contributed by atoms with Gasteiger partial charge in [-0.1, -0.05) is 80.4 Å². The summed E-state index contributed by atoms with van der Waals surface area (Å²) in [5, 5.41) is 9.82. The van der Waals surface area contributed by atoms with Gasteiger partial charge in [0.15, 0.2) is 0 Å². The lowest BCUT2D eigenvalue weighted by molar-refractivity contribution is -0.140. The standard InChI is InChI=1S/C30H37N3O3/c1-2-3-14-27(28(34)33-26(23-36-29(33)35)21-24-10-6-4-7-11-24)30(15-18-31)16-19-32(20-17-30)22-25-12-8-5-9-13-25/h4-13,26-27H,2-3,14-17,19-23H2,1H3/t26-,27-/m0/s1. The summed E-state index contributed by atoms with van der Waals surface area (Å²) < 4.78 is 5.38. The first-order valence-electron chi connectivity index (χ1n) is 13.2. The fraction of sp³-hybridized carbons (Fsp3) is 0.500. The molecule has 6 heteroatoms.